The summed E-state index contributed by atoms with van der Waals surface area (Å²) < 4.78 is 85.5. The van der Waals surface area contributed by atoms with Gasteiger partial charge in [-0.05, 0) is 47.5 Å². The topological polar surface area (TPSA) is 80.7 Å². The first kappa shape index (κ1) is 23.3. The molecule has 10 heteroatoms. The summed E-state index contributed by atoms with van der Waals surface area (Å²) in [6.45, 7) is 0. The van der Waals surface area contributed by atoms with E-state index >= 15 is 0 Å². The van der Waals surface area contributed by atoms with Crippen LogP contribution in [-0.2, 0) is 21.8 Å². The first-order valence-corrected chi connectivity index (χ1v) is 10.7. The van der Waals surface area contributed by atoms with Crippen molar-refractivity contribution in [1.82, 2.24) is 0 Å². The summed E-state index contributed by atoms with van der Waals surface area (Å²) in [5, 5.41) is 9.18. The van der Waals surface area contributed by atoms with Crippen LogP contribution in [0.1, 0.15) is 21.5 Å². The predicted octanol–water partition coefficient (Wildman–Crippen LogP) is 5.19. The lowest BCUT2D eigenvalue weighted by molar-refractivity contribution is -0.137. The Kier molecular flexibility index (Phi) is 6.27. The van der Waals surface area contributed by atoms with Crippen LogP contribution in [0.5, 0.6) is 5.75 Å². The fourth-order valence-electron chi connectivity index (χ4n) is 3.17. The Bertz CT molecular complexity index is 1280. The van der Waals surface area contributed by atoms with Gasteiger partial charge in [-0.15, -0.1) is 0 Å². The average Bonchev–Trinajstić information content (AvgIpc) is 2.73. The summed E-state index contributed by atoms with van der Waals surface area (Å²) in [4.78, 5) is 10.8. The van der Waals surface area contributed by atoms with E-state index in [1.165, 1.54) is 25.3 Å². The number of rotatable bonds is 6. The minimum absolute atomic E-state index is 0.0342. The third-order valence-corrected chi connectivity index (χ3v) is 6.37. The molecular formula is C22H16F4O5S. The normalized spacial score (nSPS) is 11.9. The molecule has 0 saturated carbocycles. The Morgan fingerprint density at radius 2 is 1.69 bits per heavy atom. The second-order valence-electron chi connectivity index (χ2n) is 6.78. The van der Waals surface area contributed by atoms with Crippen molar-refractivity contribution in [3.63, 3.8) is 0 Å². The van der Waals surface area contributed by atoms with E-state index in [-0.39, 0.29) is 28.0 Å². The van der Waals surface area contributed by atoms with Gasteiger partial charge in [0.1, 0.15) is 16.5 Å². The van der Waals surface area contributed by atoms with Crippen molar-refractivity contribution < 1.29 is 40.6 Å². The van der Waals surface area contributed by atoms with Gasteiger partial charge in [0, 0.05) is 5.56 Å². The lowest BCUT2D eigenvalue weighted by Crippen LogP contribution is -2.12. The van der Waals surface area contributed by atoms with Gasteiger partial charge < -0.3 is 9.84 Å². The highest BCUT2D eigenvalue weighted by atomic mass is 32.2. The smallest absolute Gasteiger partial charge is 0.416 e. The number of hydrogen-bond donors (Lipinski definition) is 1. The molecule has 0 atom stereocenters. The van der Waals surface area contributed by atoms with Gasteiger partial charge in [-0.25, -0.2) is 17.6 Å². The van der Waals surface area contributed by atoms with Crippen LogP contribution < -0.4 is 4.74 Å². The quantitative estimate of drug-likeness (QED) is 0.504. The summed E-state index contributed by atoms with van der Waals surface area (Å²) in [7, 11) is -3.23. The summed E-state index contributed by atoms with van der Waals surface area (Å²) in [6.07, 6.45) is -4.76. The molecule has 0 heterocycles. The van der Waals surface area contributed by atoms with Crippen molar-refractivity contribution in [2.45, 2.75) is 16.8 Å². The zero-order chi connectivity index (χ0) is 23.7. The van der Waals surface area contributed by atoms with Crippen molar-refractivity contribution in [3.8, 4) is 16.9 Å². The van der Waals surface area contributed by atoms with Crippen molar-refractivity contribution >= 4 is 15.8 Å². The van der Waals surface area contributed by atoms with Gasteiger partial charge in [-0.1, -0.05) is 24.3 Å². The van der Waals surface area contributed by atoms with Gasteiger partial charge in [0.15, 0.2) is 9.84 Å². The number of sulfone groups is 1. The maximum Gasteiger partial charge on any atom is 0.416 e. The molecule has 1 N–H and O–H groups in total. The Labute approximate surface area is 180 Å². The van der Waals surface area contributed by atoms with E-state index in [4.69, 9.17) is 4.74 Å². The second-order valence-corrected chi connectivity index (χ2v) is 8.74. The van der Waals surface area contributed by atoms with Crippen LogP contribution >= 0.6 is 0 Å². The van der Waals surface area contributed by atoms with Crippen molar-refractivity contribution in [3.05, 3.63) is 83.2 Å². The van der Waals surface area contributed by atoms with E-state index in [0.29, 0.717) is 6.07 Å². The van der Waals surface area contributed by atoms with E-state index in [1.807, 2.05) is 0 Å². The molecule has 0 saturated heterocycles. The SMILES string of the molecule is COc1ccc(C(=O)O)cc1S(=O)(=O)Cc1cc(C(F)(F)F)ccc1-c1ccccc1F. The number of benzene rings is 3. The van der Waals surface area contributed by atoms with E-state index in [1.54, 1.807) is 0 Å². The van der Waals surface area contributed by atoms with Crippen LogP contribution in [0.15, 0.2) is 65.6 Å². The Morgan fingerprint density at radius 1 is 1.00 bits per heavy atom. The van der Waals surface area contributed by atoms with Crippen LogP contribution in [0.3, 0.4) is 0 Å². The third kappa shape index (κ3) is 4.75. The maximum atomic E-state index is 14.3. The molecule has 5 nitrogen and oxygen atoms in total. The first-order valence-electron chi connectivity index (χ1n) is 9.03. The molecule has 0 radical (unpaired) electrons. The van der Waals surface area contributed by atoms with E-state index in [2.05, 4.69) is 0 Å². The van der Waals surface area contributed by atoms with Gasteiger partial charge in [0.25, 0.3) is 0 Å². The number of ether oxygens (including phenoxy) is 1. The van der Waals surface area contributed by atoms with Gasteiger partial charge in [0.05, 0.1) is 24.0 Å². The molecule has 32 heavy (non-hydrogen) atoms. The van der Waals surface area contributed by atoms with Crippen molar-refractivity contribution in [2.75, 3.05) is 7.11 Å². The molecule has 0 aliphatic heterocycles. The minimum Gasteiger partial charge on any atom is -0.495 e. The van der Waals surface area contributed by atoms with E-state index in [0.717, 1.165) is 36.4 Å². The number of aromatic carboxylic acids is 1. The average molecular weight is 468 g/mol. The molecule has 168 valence electrons. The van der Waals surface area contributed by atoms with Crippen LogP contribution in [0.2, 0.25) is 0 Å². The van der Waals surface area contributed by atoms with Gasteiger partial charge in [-0.2, -0.15) is 13.2 Å². The second kappa shape index (κ2) is 8.62. The molecule has 0 aromatic heterocycles. The number of alkyl halides is 3. The molecule has 3 aromatic carbocycles. The van der Waals surface area contributed by atoms with Crippen LogP contribution in [-0.4, -0.2) is 26.6 Å². The minimum atomic E-state index is -4.76. The van der Waals surface area contributed by atoms with Gasteiger partial charge >= 0.3 is 12.1 Å². The molecular weight excluding hydrogens is 452 g/mol. The van der Waals surface area contributed by atoms with Crippen molar-refractivity contribution in [2.24, 2.45) is 0 Å². The molecule has 0 amide bonds. The standard InChI is InChI=1S/C22H16F4O5S/c1-31-19-9-6-13(21(27)28)11-20(19)32(29,30)12-14-10-15(22(24,25)26)7-8-16(14)17-4-2-3-5-18(17)23/h2-11H,12H2,1H3,(H,27,28). The molecule has 3 rings (SSSR count). The number of carbonyl (C=O) groups is 1. The lowest BCUT2D eigenvalue weighted by Gasteiger charge is -2.16. The highest BCUT2D eigenvalue weighted by molar-refractivity contribution is 7.90. The fraction of sp³-hybridized carbons (Fsp3) is 0.136. The summed E-state index contributed by atoms with van der Waals surface area (Å²) in [6, 6.07) is 10.8. The molecule has 0 spiro atoms. The fourth-order valence-corrected chi connectivity index (χ4v) is 4.74. The number of carboxylic acid groups (broad SMARTS) is 1. The number of halogens is 4. The zero-order valence-electron chi connectivity index (χ0n) is 16.5. The van der Waals surface area contributed by atoms with E-state index < -0.39 is 44.0 Å². The molecule has 3 aromatic rings. The highest BCUT2D eigenvalue weighted by Gasteiger charge is 2.32. The summed E-state index contributed by atoms with van der Waals surface area (Å²) in [5.41, 5.74) is -1.85. The predicted molar refractivity (Wildman–Crippen MR) is 108 cm³/mol. The number of methoxy groups -OCH3 is 1. The molecule has 0 fully saturated rings. The van der Waals surface area contributed by atoms with Crippen LogP contribution in [0, 0.1) is 5.82 Å². The Balaban J connectivity index is 2.20. The summed E-state index contributed by atoms with van der Waals surface area (Å²) >= 11 is 0. The Hall–Kier alpha value is -3.40. The first-order chi connectivity index (χ1) is 14.9. The zero-order valence-corrected chi connectivity index (χ0v) is 17.3. The monoisotopic (exact) mass is 468 g/mol. The molecule has 0 aliphatic rings. The van der Waals surface area contributed by atoms with Gasteiger partial charge in [-0.3, -0.25) is 0 Å². The van der Waals surface area contributed by atoms with Gasteiger partial charge in [0.2, 0.25) is 0 Å². The largest absolute Gasteiger partial charge is 0.495 e. The highest BCUT2D eigenvalue weighted by Crippen LogP contribution is 2.36. The Morgan fingerprint density at radius 3 is 2.28 bits per heavy atom. The van der Waals surface area contributed by atoms with E-state index in [9.17, 15) is 35.9 Å². The van der Waals surface area contributed by atoms with Crippen LogP contribution in [0.25, 0.3) is 11.1 Å². The number of carboxylic acids is 1. The summed E-state index contributed by atoms with van der Waals surface area (Å²) in [5.74, 6) is -3.25. The van der Waals surface area contributed by atoms with Crippen molar-refractivity contribution in [1.29, 1.82) is 0 Å². The maximum absolute atomic E-state index is 14.3. The molecule has 0 aliphatic carbocycles. The lowest BCUT2D eigenvalue weighted by atomic mass is 9.98. The third-order valence-electron chi connectivity index (χ3n) is 4.69. The number of hydrogen-bond acceptors (Lipinski definition) is 4. The van der Waals surface area contributed by atoms with Crippen LogP contribution in [0.4, 0.5) is 17.6 Å². The molecule has 0 bridgehead atoms. The molecule has 0 unspecified atom stereocenters.